The maximum atomic E-state index is 12.8. The van der Waals surface area contributed by atoms with Crippen LogP contribution in [0, 0.1) is 0 Å². The molecule has 1 amide bonds. The van der Waals surface area contributed by atoms with E-state index < -0.39 is 0 Å². The quantitative estimate of drug-likeness (QED) is 0.552. The molecule has 0 fully saturated rings. The summed E-state index contributed by atoms with van der Waals surface area (Å²) in [6.07, 6.45) is 7.65. The van der Waals surface area contributed by atoms with E-state index in [1.807, 2.05) is 24.6 Å². The minimum absolute atomic E-state index is 0.130. The van der Waals surface area contributed by atoms with Gasteiger partial charge in [0, 0.05) is 23.8 Å². The van der Waals surface area contributed by atoms with Gasteiger partial charge in [-0.2, -0.15) is 0 Å². The van der Waals surface area contributed by atoms with Crippen molar-refractivity contribution in [3.05, 3.63) is 28.4 Å². The molecule has 2 heterocycles. The first kappa shape index (κ1) is 19.9. The van der Waals surface area contributed by atoms with Crippen molar-refractivity contribution < 1.29 is 14.3 Å². The number of imidazole rings is 1. The molecule has 1 atom stereocenters. The summed E-state index contributed by atoms with van der Waals surface area (Å²) in [4.78, 5) is 30.8. The van der Waals surface area contributed by atoms with E-state index >= 15 is 0 Å². The van der Waals surface area contributed by atoms with Crippen LogP contribution in [0.1, 0.15) is 54.4 Å². The number of carbonyl (C=O) groups excluding carboxylic acids is 2. The Balaban J connectivity index is 1.78. The predicted octanol–water partition coefficient (Wildman–Crippen LogP) is 4.14. The number of hydrogen-bond acceptors (Lipinski definition) is 6. The fourth-order valence-electron chi connectivity index (χ4n) is 3.15. The zero-order valence-corrected chi connectivity index (χ0v) is 17.5. The van der Waals surface area contributed by atoms with Crippen molar-refractivity contribution in [2.45, 2.75) is 63.4 Å². The Morgan fingerprint density at radius 1 is 1.37 bits per heavy atom. The summed E-state index contributed by atoms with van der Waals surface area (Å²) < 4.78 is 7.25. The molecule has 1 aliphatic rings. The van der Waals surface area contributed by atoms with Gasteiger partial charge >= 0.3 is 5.97 Å². The molecule has 1 unspecified atom stereocenters. The average molecular weight is 408 g/mol. The highest BCUT2D eigenvalue weighted by Crippen LogP contribution is 2.39. The van der Waals surface area contributed by atoms with Crippen LogP contribution in [0.5, 0.6) is 0 Å². The number of thioether (sulfide) groups is 1. The van der Waals surface area contributed by atoms with Crippen molar-refractivity contribution in [1.29, 1.82) is 0 Å². The van der Waals surface area contributed by atoms with Crippen LogP contribution in [0.25, 0.3) is 0 Å². The molecule has 6 nitrogen and oxygen atoms in total. The van der Waals surface area contributed by atoms with Crippen LogP contribution in [0.3, 0.4) is 0 Å². The number of amides is 1. The molecule has 0 bridgehead atoms. The second-order valence-electron chi connectivity index (χ2n) is 6.38. The van der Waals surface area contributed by atoms with Crippen LogP contribution in [0.4, 0.5) is 5.00 Å². The third kappa shape index (κ3) is 4.38. The number of rotatable bonds is 7. The van der Waals surface area contributed by atoms with Crippen LogP contribution in [-0.2, 0) is 28.9 Å². The summed E-state index contributed by atoms with van der Waals surface area (Å²) in [6.45, 7) is 6.82. The molecule has 0 aliphatic heterocycles. The van der Waals surface area contributed by atoms with E-state index in [0.29, 0.717) is 17.2 Å². The number of aromatic nitrogens is 2. The molecule has 0 spiro atoms. The summed E-state index contributed by atoms with van der Waals surface area (Å²) in [5.41, 5.74) is 1.61. The van der Waals surface area contributed by atoms with Crippen molar-refractivity contribution in [2.75, 3.05) is 11.9 Å². The highest BCUT2D eigenvalue weighted by molar-refractivity contribution is 8.00. The van der Waals surface area contributed by atoms with Crippen molar-refractivity contribution >= 4 is 40.0 Å². The second kappa shape index (κ2) is 8.93. The lowest BCUT2D eigenvalue weighted by Gasteiger charge is -2.13. The van der Waals surface area contributed by atoms with Gasteiger partial charge in [-0.25, -0.2) is 9.78 Å². The minimum atomic E-state index is -0.339. The number of carbonyl (C=O) groups is 2. The Kier molecular flexibility index (Phi) is 6.59. The first-order valence-corrected chi connectivity index (χ1v) is 11.0. The molecule has 146 valence electrons. The standard InChI is InChI=1S/C19H25N3O3S2/c1-4-22-11-10-20-19(22)26-12(3)16(23)21-17-15(18(24)25-5-2)13-8-6-7-9-14(13)27-17/h10-12H,4-9H2,1-3H3,(H,21,23). The van der Waals surface area contributed by atoms with Gasteiger partial charge in [-0.05, 0) is 52.0 Å². The Morgan fingerprint density at radius 3 is 2.89 bits per heavy atom. The maximum absolute atomic E-state index is 12.8. The highest BCUT2D eigenvalue weighted by atomic mass is 32.2. The number of esters is 1. The number of thiophene rings is 1. The lowest BCUT2D eigenvalue weighted by atomic mass is 9.95. The van der Waals surface area contributed by atoms with Gasteiger partial charge in [-0.1, -0.05) is 11.8 Å². The van der Waals surface area contributed by atoms with E-state index in [1.165, 1.54) is 28.0 Å². The van der Waals surface area contributed by atoms with Crippen molar-refractivity contribution in [2.24, 2.45) is 0 Å². The molecule has 27 heavy (non-hydrogen) atoms. The van der Waals surface area contributed by atoms with Crippen LogP contribution in [0.2, 0.25) is 0 Å². The van der Waals surface area contributed by atoms with E-state index in [-0.39, 0.29) is 17.1 Å². The molecule has 1 aliphatic carbocycles. The molecule has 0 saturated carbocycles. The third-order valence-electron chi connectivity index (χ3n) is 4.56. The van der Waals surface area contributed by atoms with Gasteiger partial charge in [0.1, 0.15) is 5.00 Å². The lowest BCUT2D eigenvalue weighted by molar-refractivity contribution is -0.115. The molecule has 2 aromatic heterocycles. The molecule has 2 aromatic rings. The minimum Gasteiger partial charge on any atom is -0.462 e. The Morgan fingerprint density at radius 2 is 2.15 bits per heavy atom. The largest absolute Gasteiger partial charge is 0.462 e. The van der Waals surface area contributed by atoms with Gasteiger partial charge in [0.2, 0.25) is 5.91 Å². The van der Waals surface area contributed by atoms with E-state index in [9.17, 15) is 9.59 Å². The van der Waals surface area contributed by atoms with Crippen molar-refractivity contribution in [3.8, 4) is 0 Å². The number of anilines is 1. The van der Waals surface area contributed by atoms with Crippen LogP contribution in [0.15, 0.2) is 17.6 Å². The van der Waals surface area contributed by atoms with Gasteiger partial charge < -0.3 is 14.6 Å². The molecule has 8 heteroatoms. The third-order valence-corrected chi connectivity index (χ3v) is 6.88. The fraction of sp³-hybridized carbons (Fsp3) is 0.526. The molecule has 0 radical (unpaired) electrons. The number of aryl methyl sites for hydroxylation is 2. The molecular formula is C19H25N3O3S2. The van der Waals surface area contributed by atoms with Crippen molar-refractivity contribution in [3.63, 3.8) is 0 Å². The predicted molar refractivity (Wildman–Crippen MR) is 109 cm³/mol. The summed E-state index contributed by atoms with van der Waals surface area (Å²) >= 11 is 2.93. The molecule has 1 N–H and O–H groups in total. The van der Waals surface area contributed by atoms with E-state index in [0.717, 1.165) is 42.9 Å². The Hall–Kier alpha value is -1.80. The van der Waals surface area contributed by atoms with Crippen molar-refractivity contribution in [1.82, 2.24) is 9.55 Å². The fourth-order valence-corrected chi connectivity index (χ4v) is 5.36. The number of hydrogen-bond donors (Lipinski definition) is 1. The summed E-state index contributed by atoms with van der Waals surface area (Å²) in [7, 11) is 0. The molecular weight excluding hydrogens is 382 g/mol. The highest BCUT2D eigenvalue weighted by Gasteiger charge is 2.28. The SMILES string of the molecule is CCOC(=O)c1c(NC(=O)C(C)Sc2nccn2CC)sc2c1CCCC2. The summed E-state index contributed by atoms with van der Waals surface area (Å²) in [5.74, 6) is -0.469. The van der Waals surface area contributed by atoms with Gasteiger partial charge in [0.25, 0.3) is 0 Å². The zero-order chi connectivity index (χ0) is 19.4. The Bertz CT molecular complexity index is 828. The topological polar surface area (TPSA) is 73.2 Å². The average Bonchev–Trinajstić information content (AvgIpc) is 3.25. The van der Waals surface area contributed by atoms with Gasteiger partial charge in [-0.15, -0.1) is 11.3 Å². The van der Waals surface area contributed by atoms with Crippen LogP contribution in [-0.4, -0.2) is 33.3 Å². The van der Waals surface area contributed by atoms with Gasteiger partial charge in [0.05, 0.1) is 17.4 Å². The zero-order valence-electron chi connectivity index (χ0n) is 15.9. The monoisotopic (exact) mass is 407 g/mol. The van der Waals surface area contributed by atoms with Crippen LogP contribution >= 0.6 is 23.1 Å². The summed E-state index contributed by atoms with van der Waals surface area (Å²) in [6, 6.07) is 0. The van der Waals surface area contributed by atoms with E-state index in [2.05, 4.69) is 10.3 Å². The maximum Gasteiger partial charge on any atom is 0.341 e. The number of fused-ring (bicyclic) bond motifs is 1. The first-order valence-electron chi connectivity index (χ1n) is 9.35. The molecule has 3 rings (SSSR count). The Labute approximate surface area is 167 Å². The van der Waals surface area contributed by atoms with Gasteiger partial charge in [-0.3, -0.25) is 4.79 Å². The van der Waals surface area contributed by atoms with Crippen LogP contribution < -0.4 is 5.32 Å². The first-order chi connectivity index (χ1) is 13.0. The number of ether oxygens (including phenoxy) is 1. The molecule has 0 aromatic carbocycles. The van der Waals surface area contributed by atoms with E-state index in [4.69, 9.17) is 4.74 Å². The normalized spacial score (nSPS) is 14.5. The van der Waals surface area contributed by atoms with E-state index in [1.54, 1.807) is 13.1 Å². The smallest absolute Gasteiger partial charge is 0.341 e. The summed E-state index contributed by atoms with van der Waals surface area (Å²) in [5, 5.41) is 4.09. The second-order valence-corrected chi connectivity index (χ2v) is 8.79. The molecule has 0 saturated heterocycles. The number of nitrogens with one attached hydrogen (secondary N) is 1. The van der Waals surface area contributed by atoms with Gasteiger partial charge in [0.15, 0.2) is 5.16 Å². The number of nitrogens with zero attached hydrogens (tertiary/aromatic N) is 2. The lowest BCUT2D eigenvalue weighted by Crippen LogP contribution is -2.23.